The van der Waals surface area contributed by atoms with Crippen molar-refractivity contribution in [2.75, 3.05) is 10.2 Å². The zero-order valence-electron chi connectivity index (χ0n) is 14.1. The molecule has 10 heteroatoms. The van der Waals surface area contributed by atoms with Crippen LogP contribution >= 0.6 is 11.6 Å². The molecule has 1 heterocycles. The molecule has 0 aromatic heterocycles. The zero-order valence-corrected chi connectivity index (χ0v) is 14.8. The van der Waals surface area contributed by atoms with Gasteiger partial charge in [-0.3, -0.25) is 14.4 Å². The summed E-state index contributed by atoms with van der Waals surface area (Å²) in [4.78, 5) is 36.7. The van der Waals surface area contributed by atoms with Crippen LogP contribution in [0.5, 0.6) is 0 Å². The van der Waals surface area contributed by atoms with Gasteiger partial charge >= 0.3 is 6.18 Å². The molecule has 1 fully saturated rings. The zero-order chi connectivity index (χ0) is 20.6. The number of hydrogen-bond acceptors (Lipinski definition) is 4. The maximum Gasteiger partial charge on any atom is 0.416 e. The highest BCUT2D eigenvalue weighted by Crippen LogP contribution is 2.37. The maximum atomic E-state index is 13.0. The van der Waals surface area contributed by atoms with E-state index in [0.717, 1.165) is 12.1 Å². The van der Waals surface area contributed by atoms with E-state index in [2.05, 4.69) is 5.32 Å². The van der Waals surface area contributed by atoms with E-state index < -0.39 is 35.5 Å². The summed E-state index contributed by atoms with van der Waals surface area (Å²) in [5.41, 5.74) is 4.51. The van der Waals surface area contributed by atoms with Gasteiger partial charge in [0.2, 0.25) is 11.8 Å². The fourth-order valence-electron chi connectivity index (χ4n) is 2.79. The summed E-state index contributed by atoms with van der Waals surface area (Å²) in [5.74, 6) is -2.04. The van der Waals surface area contributed by atoms with Crippen molar-refractivity contribution in [3.05, 3.63) is 58.6 Å². The number of benzene rings is 2. The second kappa shape index (κ2) is 7.16. The first-order valence-corrected chi connectivity index (χ1v) is 8.35. The molecule has 0 aliphatic carbocycles. The Hall–Kier alpha value is -3.07. The molecular formula is C18H13ClF3N3O3. The summed E-state index contributed by atoms with van der Waals surface area (Å²) >= 11 is 5.93. The summed E-state index contributed by atoms with van der Waals surface area (Å²) in [6.45, 7) is 0. The third kappa shape index (κ3) is 3.79. The summed E-state index contributed by atoms with van der Waals surface area (Å²) in [7, 11) is 0. The predicted molar refractivity (Wildman–Crippen MR) is 95.9 cm³/mol. The quantitative estimate of drug-likeness (QED) is 0.756. The van der Waals surface area contributed by atoms with Crippen molar-refractivity contribution in [2.24, 2.45) is 5.73 Å². The third-order valence-electron chi connectivity index (χ3n) is 4.17. The number of halogens is 4. The van der Waals surface area contributed by atoms with Gasteiger partial charge in [-0.1, -0.05) is 11.6 Å². The van der Waals surface area contributed by atoms with Crippen LogP contribution in [0.3, 0.4) is 0 Å². The Morgan fingerprint density at radius 1 is 1.14 bits per heavy atom. The molecule has 1 atom stereocenters. The largest absolute Gasteiger partial charge is 0.416 e. The topological polar surface area (TPSA) is 92.5 Å². The second-order valence-electron chi connectivity index (χ2n) is 6.07. The Morgan fingerprint density at radius 3 is 2.36 bits per heavy atom. The molecule has 0 spiro atoms. The molecule has 6 nitrogen and oxygen atoms in total. The number of imide groups is 1. The standard InChI is InChI=1S/C18H13ClF3N3O3/c19-12-6-3-10(18(20,21)22)7-14(12)25-15(26)8-13(17(25)28)24-11-4-1-9(2-5-11)16(23)27/h1-7,13,24H,8H2,(H2,23,27)/t13-/m0/s1. The van der Waals surface area contributed by atoms with Gasteiger partial charge in [-0.2, -0.15) is 13.2 Å². The molecule has 2 aromatic rings. The lowest BCUT2D eigenvalue weighted by atomic mass is 10.1. The van der Waals surface area contributed by atoms with Crippen molar-refractivity contribution in [2.45, 2.75) is 18.6 Å². The normalized spacial score (nSPS) is 17.1. The van der Waals surface area contributed by atoms with Crippen molar-refractivity contribution >= 4 is 40.7 Å². The fourth-order valence-corrected chi connectivity index (χ4v) is 2.99. The van der Waals surface area contributed by atoms with Gasteiger partial charge in [-0.05, 0) is 42.5 Å². The van der Waals surface area contributed by atoms with Crippen LogP contribution < -0.4 is 16.0 Å². The second-order valence-corrected chi connectivity index (χ2v) is 6.48. The first kappa shape index (κ1) is 19.7. The van der Waals surface area contributed by atoms with Crippen LogP contribution in [0.1, 0.15) is 22.3 Å². The van der Waals surface area contributed by atoms with Crippen molar-refractivity contribution in [3.8, 4) is 0 Å². The number of nitrogens with zero attached hydrogens (tertiary/aromatic N) is 1. The molecule has 1 aliphatic rings. The molecule has 2 aromatic carbocycles. The minimum Gasteiger partial charge on any atom is -0.373 e. The van der Waals surface area contributed by atoms with Crippen molar-refractivity contribution in [1.82, 2.24) is 0 Å². The number of carbonyl (C=O) groups is 3. The van der Waals surface area contributed by atoms with E-state index in [1.54, 1.807) is 0 Å². The number of anilines is 2. The van der Waals surface area contributed by atoms with Gasteiger partial charge in [0, 0.05) is 11.3 Å². The Bertz CT molecular complexity index is 961. The summed E-state index contributed by atoms with van der Waals surface area (Å²) in [6, 6.07) is 7.31. The lowest BCUT2D eigenvalue weighted by Gasteiger charge is -2.19. The molecular weight excluding hydrogens is 399 g/mol. The lowest BCUT2D eigenvalue weighted by molar-refractivity contribution is -0.137. The highest BCUT2D eigenvalue weighted by molar-refractivity contribution is 6.36. The number of primary amides is 1. The van der Waals surface area contributed by atoms with Crippen molar-refractivity contribution in [3.63, 3.8) is 0 Å². The molecule has 3 N–H and O–H groups in total. The summed E-state index contributed by atoms with van der Waals surface area (Å²) < 4.78 is 38.9. The lowest BCUT2D eigenvalue weighted by Crippen LogP contribution is -2.35. The fraction of sp³-hybridized carbons (Fsp3) is 0.167. The molecule has 3 amide bonds. The Morgan fingerprint density at radius 2 is 1.79 bits per heavy atom. The van der Waals surface area contributed by atoms with E-state index in [1.807, 2.05) is 0 Å². The van der Waals surface area contributed by atoms with Crippen LogP contribution in [-0.2, 0) is 15.8 Å². The van der Waals surface area contributed by atoms with E-state index in [0.29, 0.717) is 16.7 Å². The van der Waals surface area contributed by atoms with E-state index in [4.69, 9.17) is 17.3 Å². The van der Waals surface area contributed by atoms with Crippen molar-refractivity contribution in [1.29, 1.82) is 0 Å². The molecule has 0 unspecified atom stereocenters. The maximum absolute atomic E-state index is 13.0. The molecule has 0 saturated carbocycles. The highest BCUT2D eigenvalue weighted by atomic mass is 35.5. The molecule has 3 rings (SSSR count). The number of carbonyl (C=O) groups excluding carboxylic acids is 3. The Labute approximate surface area is 162 Å². The summed E-state index contributed by atoms with van der Waals surface area (Å²) in [6.07, 6.45) is -4.91. The molecule has 0 radical (unpaired) electrons. The first-order chi connectivity index (χ1) is 13.1. The molecule has 1 aliphatic heterocycles. The predicted octanol–water partition coefficient (Wildman–Crippen LogP) is 3.20. The van der Waals surface area contributed by atoms with Crippen LogP contribution in [0.2, 0.25) is 5.02 Å². The van der Waals surface area contributed by atoms with E-state index in [1.165, 1.54) is 24.3 Å². The van der Waals surface area contributed by atoms with E-state index in [-0.39, 0.29) is 22.7 Å². The molecule has 146 valence electrons. The van der Waals surface area contributed by atoms with Crippen LogP contribution in [0, 0.1) is 0 Å². The van der Waals surface area contributed by atoms with Gasteiger partial charge in [-0.15, -0.1) is 0 Å². The van der Waals surface area contributed by atoms with Gasteiger partial charge in [0.15, 0.2) is 0 Å². The number of hydrogen-bond donors (Lipinski definition) is 2. The highest BCUT2D eigenvalue weighted by Gasteiger charge is 2.41. The monoisotopic (exact) mass is 411 g/mol. The number of alkyl halides is 3. The number of nitrogens with two attached hydrogens (primary N) is 1. The van der Waals surface area contributed by atoms with Gasteiger partial charge in [0.05, 0.1) is 22.7 Å². The minimum atomic E-state index is -4.65. The van der Waals surface area contributed by atoms with Crippen molar-refractivity contribution < 1.29 is 27.6 Å². The number of nitrogens with one attached hydrogen (secondary N) is 1. The van der Waals surface area contributed by atoms with E-state index >= 15 is 0 Å². The number of amides is 3. The smallest absolute Gasteiger partial charge is 0.373 e. The first-order valence-electron chi connectivity index (χ1n) is 7.98. The van der Waals surface area contributed by atoms with Crippen LogP contribution in [0.25, 0.3) is 0 Å². The Balaban J connectivity index is 1.85. The van der Waals surface area contributed by atoms with Crippen LogP contribution in [0.15, 0.2) is 42.5 Å². The average molecular weight is 412 g/mol. The SMILES string of the molecule is NC(=O)c1ccc(N[C@H]2CC(=O)N(c3cc(C(F)(F)F)ccc3Cl)C2=O)cc1. The molecule has 1 saturated heterocycles. The van der Waals surface area contributed by atoms with E-state index in [9.17, 15) is 27.6 Å². The number of rotatable bonds is 4. The third-order valence-corrected chi connectivity index (χ3v) is 4.49. The van der Waals surface area contributed by atoms with Gasteiger partial charge in [-0.25, -0.2) is 4.90 Å². The van der Waals surface area contributed by atoms with Crippen LogP contribution in [0.4, 0.5) is 24.5 Å². The molecule has 28 heavy (non-hydrogen) atoms. The molecule has 0 bridgehead atoms. The summed E-state index contributed by atoms with van der Waals surface area (Å²) in [5, 5.41) is 2.67. The minimum absolute atomic E-state index is 0.152. The van der Waals surface area contributed by atoms with Gasteiger partial charge in [0.25, 0.3) is 5.91 Å². The average Bonchev–Trinajstić information content (AvgIpc) is 2.88. The van der Waals surface area contributed by atoms with Gasteiger partial charge < -0.3 is 11.1 Å². The van der Waals surface area contributed by atoms with Gasteiger partial charge in [0.1, 0.15) is 6.04 Å². The Kier molecular flexibility index (Phi) is 5.03. The van der Waals surface area contributed by atoms with Crippen LogP contribution in [-0.4, -0.2) is 23.8 Å².